The molecule has 0 saturated heterocycles. The zero-order valence-electron chi connectivity index (χ0n) is 12.8. The Labute approximate surface area is 139 Å². The molecule has 3 aromatic carbocycles. The Morgan fingerprint density at radius 3 is 2.35 bits per heavy atom. The number of fused-ring (bicyclic) bond motifs is 1. The van der Waals surface area contributed by atoms with Crippen LogP contribution in [0.3, 0.4) is 0 Å². The van der Waals surface area contributed by atoms with Gasteiger partial charge in [-0.05, 0) is 47.5 Å². The van der Waals surface area contributed by atoms with E-state index < -0.39 is 0 Å². The van der Waals surface area contributed by atoms with Crippen molar-refractivity contribution in [2.24, 2.45) is 0 Å². The molecule has 1 nitrogen and oxygen atoms in total. The average molecular weight is 316 g/mol. The van der Waals surface area contributed by atoms with E-state index in [-0.39, 0.29) is 0 Å². The van der Waals surface area contributed by atoms with Gasteiger partial charge in [-0.3, -0.25) is 0 Å². The molecule has 0 atom stereocenters. The minimum atomic E-state index is 0.876. The van der Waals surface area contributed by atoms with E-state index in [1.54, 1.807) is 11.3 Å². The highest BCUT2D eigenvalue weighted by atomic mass is 32.1. The van der Waals surface area contributed by atoms with Crippen LogP contribution in [0.15, 0.2) is 78.9 Å². The molecule has 0 fully saturated rings. The quantitative estimate of drug-likeness (QED) is 0.410. The summed E-state index contributed by atoms with van der Waals surface area (Å²) in [5.74, 6) is 0.876. The topological polar surface area (TPSA) is 9.23 Å². The smallest absolute Gasteiger partial charge is 0.181 e. The molecule has 1 heterocycles. The lowest BCUT2D eigenvalue weighted by molar-refractivity contribution is 0.497. The molecule has 112 valence electrons. The van der Waals surface area contributed by atoms with E-state index in [2.05, 4.69) is 67.6 Å². The molecule has 0 bridgehead atoms. The van der Waals surface area contributed by atoms with Crippen molar-refractivity contribution >= 4 is 22.1 Å². The molecule has 2 heteroatoms. The van der Waals surface area contributed by atoms with E-state index in [4.69, 9.17) is 4.74 Å². The lowest BCUT2D eigenvalue weighted by atomic mass is 10.1. The Bertz CT molecular complexity index is 951. The van der Waals surface area contributed by atoms with Crippen molar-refractivity contribution in [1.29, 1.82) is 0 Å². The lowest BCUT2D eigenvalue weighted by Gasteiger charge is -2.04. The first-order valence-corrected chi connectivity index (χ1v) is 8.43. The molecule has 0 unspecified atom stereocenters. The monoisotopic (exact) mass is 316 g/mol. The van der Waals surface area contributed by atoms with E-state index in [9.17, 15) is 0 Å². The zero-order valence-corrected chi connectivity index (χ0v) is 13.6. The highest BCUT2D eigenvalue weighted by Gasteiger charge is 2.05. The number of benzene rings is 3. The van der Waals surface area contributed by atoms with Gasteiger partial charge in [0.25, 0.3) is 0 Å². The van der Waals surface area contributed by atoms with Crippen LogP contribution in [0, 0.1) is 6.92 Å². The van der Waals surface area contributed by atoms with Crippen LogP contribution < -0.4 is 4.74 Å². The van der Waals surface area contributed by atoms with Crippen LogP contribution in [0.2, 0.25) is 0 Å². The second kappa shape index (κ2) is 5.90. The first-order valence-electron chi connectivity index (χ1n) is 7.61. The highest BCUT2D eigenvalue weighted by molar-refractivity contribution is 7.17. The first-order chi connectivity index (χ1) is 11.3. The second-order valence-corrected chi connectivity index (χ2v) is 6.64. The van der Waals surface area contributed by atoms with Gasteiger partial charge in [0.1, 0.15) is 5.75 Å². The summed E-state index contributed by atoms with van der Waals surface area (Å²) in [6, 6.07) is 27.3. The van der Waals surface area contributed by atoms with Crippen molar-refractivity contribution in [2.45, 2.75) is 6.92 Å². The van der Waals surface area contributed by atoms with E-state index in [0.29, 0.717) is 0 Å². The van der Waals surface area contributed by atoms with Gasteiger partial charge in [-0.15, -0.1) is 0 Å². The molecular weight excluding hydrogens is 300 g/mol. The van der Waals surface area contributed by atoms with Gasteiger partial charge < -0.3 is 4.74 Å². The number of hydrogen-bond donors (Lipinski definition) is 0. The third-order valence-electron chi connectivity index (χ3n) is 3.86. The molecule has 0 N–H and O–H groups in total. The van der Waals surface area contributed by atoms with Gasteiger partial charge in [0.15, 0.2) is 5.06 Å². The van der Waals surface area contributed by atoms with Crippen LogP contribution in [-0.2, 0) is 0 Å². The summed E-state index contributed by atoms with van der Waals surface area (Å²) in [4.78, 5) is 1.22. The molecule has 0 spiro atoms. The molecule has 4 aromatic rings. The Balaban J connectivity index is 1.60. The summed E-state index contributed by atoms with van der Waals surface area (Å²) in [7, 11) is 0. The van der Waals surface area contributed by atoms with Gasteiger partial charge in [-0.25, -0.2) is 0 Å². The van der Waals surface area contributed by atoms with Gasteiger partial charge in [0.05, 0.1) is 0 Å². The van der Waals surface area contributed by atoms with E-state index in [1.807, 2.05) is 18.2 Å². The van der Waals surface area contributed by atoms with Crippen LogP contribution in [0.25, 0.3) is 21.2 Å². The summed E-state index contributed by atoms with van der Waals surface area (Å²) in [6.07, 6.45) is 0. The molecule has 0 radical (unpaired) electrons. The van der Waals surface area contributed by atoms with E-state index in [1.165, 1.54) is 26.8 Å². The Kier molecular flexibility index (Phi) is 3.60. The fourth-order valence-corrected chi connectivity index (χ4v) is 3.48. The third-order valence-corrected chi connectivity index (χ3v) is 4.87. The Hall–Kier alpha value is -2.58. The van der Waals surface area contributed by atoms with Crippen LogP contribution in [0.1, 0.15) is 5.56 Å². The first kappa shape index (κ1) is 14.0. The van der Waals surface area contributed by atoms with Crippen LogP contribution >= 0.6 is 11.3 Å². The molecule has 0 aliphatic rings. The number of aryl methyl sites for hydroxylation is 1. The minimum absolute atomic E-state index is 0.876. The number of thiophene rings is 1. The molecule has 1 aromatic heterocycles. The molecule has 4 rings (SSSR count). The Morgan fingerprint density at radius 1 is 0.739 bits per heavy atom. The summed E-state index contributed by atoms with van der Waals surface area (Å²) < 4.78 is 6.03. The van der Waals surface area contributed by atoms with Crippen LogP contribution in [0.5, 0.6) is 10.8 Å². The zero-order chi connectivity index (χ0) is 15.6. The van der Waals surface area contributed by atoms with Crippen molar-refractivity contribution in [3.05, 3.63) is 84.4 Å². The summed E-state index contributed by atoms with van der Waals surface area (Å²) >= 11 is 1.67. The molecule has 0 aliphatic carbocycles. The van der Waals surface area contributed by atoms with Crippen LogP contribution in [0.4, 0.5) is 0 Å². The lowest BCUT2D eigenvalue weighted by Crippen LogP contribution is -1.80. The second-order valence-electron chi connectivity index (χ2n) is 5.60. The maximum atomic E-state index is 6.03. The summed E-state index contributed by atoms with van der Waals surface area (Å²) in [5, 5.41) is 3.34. The highest BCUT2D eigenvalue weighted by Crippen LogP contribution is 2.36. The van der Waals surface area contributed by atoms with Crippen molar-refractivity contribution in [3.8, 4) is 21.3 Å². The standard InChI is InChI=1S/C21H16OS/c1-15-6-8-17(9-7-15)20-12-13-21(23-20)22-19-11-10-16-4-2-3-5-18(16)14-19/h2-14H,1H3. The third kappa shape index (κ3) is 2.99. The van der Waals surface area contributed by atoms with Crippen molar-refractivity contribution in [1.82, 2.24) is 0 Å². The van der Waals surface area contributed by atoms with Crippen molar-refractivity contribution in [3.63, 3.8) is 0 Å². The maximum absolute atomic E-state index is 6.03. The van der Waals surface area contributed by atoms with Crippen LogP contribution in [-0.4, -0.2) is 0 Å². The Morgan fingerprint density at radius 2 is 1.52 bits per heavy atom. The van der Waals surface area contributed by atoms with Crippen molar-refractivity contribution in [2.75, 3.05) is 0 Å². The number of ether oxygens (including phenoxy) is 1. The largest absolute Gasteiger partial charge is 0.447 e. The van der Waals surface area contributed by atoms with E-state index >= 15 is 0 Å². The molecule has 0 amide bonds. The summed E-state index contributed by atoms with van der Waals surface area (Å²) in [6.45, 7) is 2.10. The maximum Gasteiger partial charge on any atom is 0.181 e. The number of hydrogen-bond acceptors (Lipinski definition) is 2. The fraction of sp³-hybridized carbons (Fsp3) is 0.0476. The SMILES string of the molecule is Cc1ccc(-c2ccc(Oc3ccc4ccccc4c3)s2)cc1. The van der Waals surface area contributed by atoms with Gasteiger partial charge in [0.2, 0.25) is 0 Å². The minimum Gasteiger partial charge on any atom is -0.447 e. The predicted molar refractivity (Wildman–Crippen MR) is 98.5 cm³/mol. The normalized spacial score (nSPS) is 10.8. The molecule has 0 saturated carbocycles. The van der Waals surface area contributed by atoms with Gasteiger partial charge >= 0.3 is 0 Å². The predicted octanol–water partition coefficient (Wildman–Crippen LogP) is 6.67. The van der Waals surface area contributed by atoms with Gasteiger partial charge in [0, 0.05) is 4.88 Å². The molecule has 23 heavy (non-hydrogen) atoms. The van der Waals surface area contributed by atoms with E-state index in [0.717, 1.165) is 10.8 Å². The summed E-state index contributed by atoms with van der Waals surface area (Å²) in [5.41, 5.74) is 2.51. The fourth-order valence-electron chi connectivity index (χ4n) is 2.60. The van der Waals surface area contributed by atoms with Gasteiger partial charge in [-0.2, -0.15) is 0 Å². The van der Waals surface area contributed by atoms with Crippen molar-refractivity contribution < 1.29 is 4.74 Å². The molecular formula is C21H16OS. The average Bonchev–Trinajstić information content (AvgIpc) is 3.04. The number of rotatable bonds is 3. The molecule has 0 aliphatic heterocycles. The van der Waals surface area contributed by atoms with Gasteiger partial charge in [-0.1, -0.05) is 71.5 Å².